The number of aromatic nitrogens is 4. The van der Waals surface area contributed by atoms with Crippen molar-refractivity contribution >= 4 is 18.2 Å². The molecule has 0 aliphatic carbocycles. The van der Waals surface area contributed by atoms with Gasteiger partial charge in [-0.25, -0.2) is 4.98 Å². The molecule has 1 amide bonds. The van der Waals surface area contributed by atoms with E-state index in [1.807, 2.05) is 24.3 Å². The maximum Gasteiger partial charge on any atom is 0.316 e. The van der Waals surface area contributed by atoms with E-state index in [9.17, 15) is 4.79 Å². The molecule has 0 unspecified atom stereocenters. The molecule has 0 bridgehead atoms. The van der Waals surface area contributed by atoms with Crippen LogP contribution in [-0.4, -0.2) is 63.4 Å². The van der Waals surface area contributed by atoms with E-state index in [1.165, 1.54) is 6.21 Å². The molecule has 28 heavy (non-hydrogen) atoms. The highest BCUT2D eigenvalue weighted by Crippen LogP contribution is 2.24. The lowest BCUT2D eigenvalue weighted by molar-refractivity contribution is 0.0272. The quantitative estimate of drug-likeness (QED) is 0.657. The summed E-state index contributed by atoms with van der Waals surface area (Å²) in [6, 6.07) is 7.55. The number of carbonyl (C=O) groups excluding carboxylic acids is 1. The number of H-pyrrole nitrogens is 1. The number of aromatic amines is 1. The molecule has 0 saturated carbocycles. The van der Waals surface area contributed by atoms with Gasteiger partial charge in [0.05, 0.1) is 25.1 Å². The summed E-state index contributed by atoms with van der Waals surface area (Å²) >= 11 is 0. The zero-order valence-corrected chi connectivity index (χ0v) is 15.0. The second-order valence-corrected chi connectivity index (χ2v) is 6.12. The van der Waals surface area contributed by atoms with E-state index in [1.54, 1.807) is 23.2 Å². The number of ether oxygens (including phenoxy) is 1. The third-order valence-electron chi connectivity index (χ3n) is 4.28. The molecule has 142 valence electrons. The van der Waals surface area contributed by atoms with E-state index in [-0.39, 0.29) is 11.8 Å². The lowest BCUT2D eigenvalue weighted by atomic mass is 10.1. The zero-order chi connectivity index (χ0) is 19.3. The molecule has 4 rings (SSSR count). The van der Waals surface area contributed by atoms with Crippen molar-refractivity contribution in [2.75, 3.05) is 26.3 Å². The fraction of sp³-hybridized carbons (Fsp3) is 0.211. The Hall–Kier alpha value is -3.59. The number of amides is 1. The highest BCUT2D eigenvalue weighted by Gasteiger charge is 2.24. The fourth-order valence-corrected chi connectivity index (χ4v) is 2.86. The Kier molecular flexibility index (Phi) is 5.07. The van der Waals surface area contributed by atoms with Crippen molar-refractivity contribution in [3.63, 3.8) is 0 Å². The van der Waals surface area contributed by atoms with Crippen LogP contribution in [0.1, 0.15) is 16.5 Å². The summed E-state index contributed by atoms with van der Waals surface area (Å²) in [5.74, 6) is 0.695. The molecule has 1 aromatic carbocycles. The number of hydrogen-bond acceptors (Lipinski definition) is 7. The van der Waals surface area contributed by atoms with Crippen molar-refractivity contribution in [2.24, 2.45) is 0 Å². The van der Waals surface area contributed by atoms with Gasteiger partial charge in [0, 0.05) is 30.4 Å². The number of carbonyl (C=O) groups is 1. The Morgan fingerprint density at radius 2 is 2.07 bits per heavy atom. The van der Waals surface area contributed by atoms with Crippen molar-refractivity contribution in [1.82, 2.24) is 25.0 Å². The summed E-state index contributed by atoms with van der Waals surface area (Å²) in [4.78, 5) is 25.8. The molecule has 9 heteroatoms. The van der Waals surface area contributed by atoms with Gasteiger partial charge in [0.2, 0.25) is 5.82 Å². The van der Waals surface area contributed by atoms with E-state index in [2.05, 4.69) is 20.1 Å². The SMILES string of the molecule is N=CC=Cc1ncc(-c2cccc(-c3noc(C(=O)N4CCOCC4)n3)c2)[nH]1. The Balaban J connectivity index is 1.55. The maximum atomic E-state index is 12.5. The minimum Gasteiger partial charge on any atom is -0.378 e. The molecule has 3 heterocycles. The smallest absolute Gasteiger partial charge is 0.316 e. The molecular weight excluding hydrogens is 360 g/mol. The average molecular weight is 378 g/mol. The van der Waals surface area contributed by atoms with Crippen LogP contribution in [0.15, 0.2) is 41.1 Å². The largest absolute Gasteiger partial charge is 0.378 e. The molecule has 1 aliphatic rings. The first kappa shape index (κ1) is 17.8. The summed E-state index contributed by atoms with van der Waals surface area (Å²) in [5, 5.41) is 11.0. The second kappa shape index (κ2) is 7.97. The van der Waals surface area contributed by atoms with Gasteiger partial charge in [-0.3, -0.25) is 4.79 Å². The normalized spacial score (nSPS) is 14.5. The summed E-state index contributed by atoms with van der Waals surface area (Å²) in [7, 11) is 0. The fourth-order valence-electron chi connectivity index (χ4n) is 2.86. The summed E-state index contributed by atoms with van der Waals surface area (Å²) in [6.07, 6.45) is 6.20. The van der Waals surface area contributed by atoms with Crippen LogP contribution in [0, 0.1) is 5.41 Å². The Labute approximate surface area is 160 Å². The first-order valence-corrected chi connectivity index (χ1v) is 8.78. The van der Waals surface area contributed by atoms with Crippen molar-refractivity contribution in [1.29, 1.82) is 5.41 Å². The third kappa shape index (κ3) is 3.74. The van der Waals surface area contributed by atoms with Gasteiger partial charge in [0.15, 0.2) is 0 Å². The van der Waals surface area contributed by atoms with Gasteiger partial charge in [-0.2, -0.15) is 4.98 Å². The molecule has 0 atom stereocenters. The number of rotatable bonds is 5. The lowest BCUT2D eigenvalue weighted by Gasteiger charge is -2.25. The first-order valence-electron chi connectivity index (χ1n) is 8.78. The van der Waals surface area contributed by atoms with Gasteiger partial charge in [0.1, 0.15) is 5.82 Å². The zero-order valence-electron chi connectivity index (χ0n) is 15.0. The van der Waals surface area contributed by atoms with E-state index in [0.29, 0.717) is 38.0 Å². The first-order chi connectivity index (χ1) is 13.7. The molecule has 2 N–H and O–H groups in total. The monoisotopic (exact) mass is 378 g/mol. The van der Waals surface area contributed by atoms with E-state index < -0.39 is 0 Å². The third-order valence-corrected chi connectivity index (χ3v) is 4.28. The second-order valence-electron chi connectivity index (χ2n) is 6.12. The van der Waals surface area contributed by atoms with E-state index in [0.717, 1.165) is 16.8 Å². The number of imidazole rings is 1. The number of allylic oxidation sites excluding steroid dienone is 1. The lowest BCUT2D eigenvalue weighted by Crippen LogP contribution is -2.40. The molecular formula is C19H18N6O3. The average Bonchev–Trinajstić information content (AvgIpc) is 3.42. The van der Waals surface area contributed by atoms with Crippen LogP contribution in [0.25, 0.3) is 28.7 Å². The molecule has 9 nitrogen and oxygen atoms in total. The van der Waals surface area contributed by atoms with E-state index >= 15 is 0 Å². The van der Waals surface area contributed by atoms with Crippen molar-refractivity contribution in [3.8, 4) is 22.6 Å². The predicted octanol–water partition coefficient (Wildman–Crippen LogP) is 2.26. The highest BCUT2D eigenvalue weighted by atomic mass is 16.5. The number of hydrogen-bond donors (Lipinski definition) is 2. The number of nitrogens with zero attached hydrogens (tertiary/aromatic N) is 4. The van der Waals surface area contributed by atoms with Crippen molar-refractivity contribution < 1.29 is 14.1 Å². The Morgan fingerprint density at radius 3 is 2.89 bits per heavy atom. The number of morpholine rings is 1. The molecule has 0 spiro atoms. The summed E-state index contributed by atoms with van der Waals surface area (Å²) in [5.41, 5.74) is 2.44. The predicted molar refractivity (Wildman–Crippen MR) is 102 cm³/mol. The van der Waals surface area contributed by atoms with Crippen LogP contribution in [0.3, 0.4) is 0 Å². The van der Waals surface area contributed by atoms with Crippen LogP contribution < -0.4 is 0 Å². The van der Waals surface area contributed by atoms with Crippen LogP contribution >= 0.6 is 0 Å². The molecule has 2 aromatic heterocycles. The van der Waals surface area contributed by atoms with Gasteiger partial charge in [-0.15, -0.1) is 0 Å². The van der Waals surface area contributed by atoms with Gasteiger partial charge in [-0.1, -0.05) is 23.4 Å². The topological polar surface area (TPSA) is 121 Å². The standard InChI is InChI=1S/C19H18N6O3/c20-6-2-5-16-21-12-15(22-16)13-3-1-4-14(11-13)17-23-18(28-24-17)19(26)25-7-9-27-10-8-25/h1-6,11-12,20H,7-10H2,(H,21,22). The summed E-state index contributed by atoms with van der Waals surface area (Å²) < 4.78 is 10.4. The molecule has 1 fully saturated rings. The Bertz CT molecular complexity index is 1020. The maximum absolute atomic E-state index is 12.5. The highest BCUT2D eigenvalue weighted by molar-refractivity contribution is 5.90. The van der Waals surface area contributed by atoms with Crippen LogP contribution in [0.4, 0.5) is 0 Å². The number of benzene rings is 1. The van der Waals surface area contributed by atoms with Gasteiger partial charge >= 0.3 is 11.8 Å². The van der Waals surface area contributed by atoms with E-state index in [4.69, 9.17) is 14.7 Å². The molecule has 1 aliphatic heterocycles. The van der Waals surface area contributed by atoms with Crippen LogP contribution in [0.2, 0.25) is 0 Å². The molecule has 3 aromatic rings. The van der Waals surface area contributed by atoms with Gasteiger partial charge < -0.3 is 24.6 Å². The molecule has 1 saturated heterocycles. The minimum atomic E-state index is -0.283. The van der Waals surface area contributed by atoms with Gasteiger partial charge in [-0.05, 0) is 18.2 Å². The van der Waals surface area contributed by atoms with Crippen molar-refractivity contribution in [3.05, 3.63) is 48.3 Å². The molecule has 0 radical (unpaired) electrons. The van der Waals surface area contributed by atoms with Crippen LogP contribution in [0.5, 0.6) is 0 Å². The number of nitrogens with one attached hydrogen (secondary N) is 2. The van der Waals surface area contributed by atoms with Crippen LogP contribution in [-0.2, 0) is 4.74 Å². The van der Waals surface area contributed by atoms with Gasteiger partial charge in [0.25, 0.3) is 0 Å². The Morgan fingerprint density at radius 1 is 1.25 bits per heavy atom. The minimum absolute atomic E-state index is 0.0251. The van der Waals surface area contributed by atoms with Crippen molar-refractivity contribution in [2.45, 2.75) is 0 Å². The summed E-state index contributed by atoms with van der Waals surface area (Å²) in [6.45, 7) is 2.05.